The molecule has 1 aromatic heterocycles. The van der Waals surface area contributed by atoms with Crippen LogP contribution in [0.25, 0.3) is 0 Å². The number of nitrogens with zero attached hydrogens (tertiary/aromatic N) is 3. The number of hydrogen-bond acceptors (Lipinski definition) is 5. The SMILES string of the molecule is CCCc1cc(N2CCC(NCC(O)c3ccccc3)CC2)nc(C)n1. The summed E-state index contributed by atoms with van der Waals surface area (Å²) in [5, 5.41) is 13.8. The number of aliphatic hydroxyl groups excluding tert-OH is 1. The zero-order valence-corrected chi connectivity index (χ0v) is 15.9. The molecule has 2 heterocycles. The average molecular weight is 354 g/mol. The molecule has 2 aromatic rings. The lowest BCUT2D eigenvalue weighted by Crippen LogP contribution is -2.44. The van der Waals surface area contributed by atoms with Crippen molar-refractivity contribution in [1.29, 1.82) is 0 Å². The first-order valence-electron chi connectivity index (χ1n) is 9.71. The number of piperidine rings is 1. The number of anilines is 1. The second-order valence-electron chi connectivity index (χ2n) is 7.11. The lowest BCUT2D eigenvalue weighted by atomic mass is 10.0. The van der Waals surface area contributed by atoms with Crippen molar-refractivity contribution in [3.05, 3.63) is 53.5 Å². The van der Waals surface area contributed by atoms with Crippen LogP contribution in [0.2, 0.25) is 0 Å². The fourth-order valence-electron chi connectivity index (χ4n) is 3.54. The third kappa shape index (κ3) is 5.02. The van der Waals surface area contributed by atoms with Gasteiger partial charge < -0.3 is 15.3 Å². The number of aromatic nitrogens is 2. The first kappa shape index (κ1) is 18.8. The van der Waals surface area contributed by atoms with Crippen LogP contribution in [0.4, 0.5) is 5.82 Å². The zero-order valence-electron chi connectivity index (χ0n) is 15.9. The van der Waals surface area contributed by atoms with E-state index in [-0.39, 0.29) is 0 Å². The van der Waals surface area contributed by atoms with Crippen molar-refractivity contribution in [2.24, 2.45) is 0 Å². The Morgan fingerprint density at radius 1 is 1.19 bits per heavy atom. The van der Waals surface area contributed by atoms with Crippen molar-refractivity contribution < 1.29 is 5.11 Å². The monoisotopic (exact) mass is 354 g/mol. The van der Waals surface area contributed by atoms with E-state index in [9.17, 15) is 5.11 Å². The fourth-order valence-corrected chi connectivity index (χ4v) is 3.54. The van der Waals surface area contributed by atoms with Crippen molar-refractivity contribution in [3.8, 4) is 0 Å². The van der Waals surface area contributed by atoms with Crippen LogP contribution >= 0.6 is 0 Å². The van der Waals surface area contributed by atoms with Crippen LogP contribution in [0.5, 0.6) is 0 Å². The van der Waals surface area contributed by atoms with E-state index in [1.807, 2.05) is 37.3 Å². The van der Waals surface area contributed by atoms with E-state index in [1.165, 1.54) is 0 Å². The summed E-state index contributed by atoms with van der Waals surface area (Å²) >= 11 is 0. The molecule has 1 saturated heterocycles. The minimum absolute atomic E-state index is 0.447. The predicted molar refractivity (Wildman–Crippen MR) is 105 cm³/mol. The highest BCUT2D eigenvalue weighted by atomic mass is 16.3. The van der Waals surface area contributed by atoms with Crippen LogP contribution in [-0.4, -0.2) is 40.8 Å². The van der Waals surface area contributed by atoms with Gasteiger partial charge in [0, 0.05) is 37.4 Å². The molecule has 1 fully saturated rings. The van der Waals surface area contributed by atoms with Crippen LogP contribution in [0, 0.1) is 6.92 Å². The van der Waals surface area contributed by atoms with E-state index in [4.69, 9.17) is 0 Å². The molecule has 140 valence electrons. The molecule has 3 rings (SSSR count). The van der Waals surface area contributed by atoms with E-state index < -0.39 is 6.10 Å². The quantitative estimate of drug-likeness (QED) is 0.800. The summed E-state index contributed by atoms with van der Waals surface area (Å²) in [5.41, 5.74) is 2.11. The van der Waals surface area contributed by atoms with Gasteiger partial charge in [-0.2, -0.15) is 0 Å². The summed E-state index contributed by atoms with van der Waals surface area (Å²) < 4.78 is 0. The van der Waals surface area contributed by atoms with E-state index in [1.54, 1.807) is 0 Å². The van der Waals surface area contributed by atoms with Gasteiger partial charge in [-0.3, -0.25) is 0 Å². The minimum Gasteiger partial charge on any atom is -0.387 e. The number of rotatable bonds is 7. The molecule has 26 heavy (non-hydrogen) atoms. The zero-order chi connectivity index (χ0) is 18.4. The van der Waals surface area contributed by atoms with Crippen LogP contribution in [0.15, 0.2) is 36.4 Å². The van der Waals surface area contributed by atoms with E-state index in [2.05, 4.69) is 33.2 Å². The van der Waals surface area contributed by atoms with E-state index >= 15 is 0 Å². The van der Waals surface area contributed by atoms with Crippen molar-refractivity contribution in [1.82, 2.24) is 15.3 Å². The average Bonchev–Trinajstić information content (AvgIpc) is 2.67. The largest absolute Gasteiger partial charge is 0.387 e. The lowest BCUT2D eigenvalue weighted by molar-refractivity contribution is 0.167. The number of aliphatic hydroxyl groups is 1. The van der Waals surface area contributed by atoms with Crippen LogP contribution in [0.3, 0.4) is 0 Å². The highest BCUT2D eigenvalue weighted by molar-refractivity contribution is 5.40. The number of benzene rings is 1. The third-order valence-electron chi connectivity index (χ3n) is 4.99. The highest BCUT2D eigenvalue weighted by Crippen LogP contribution is 2.20. The molecule has 2 N–H and O–H groups in total. The van der Waals surface area contributed by atoms with Gasteiger partial charge in [-0.25, -0.2) is 9.97 Å². The van der Waals surface area contributed by atoms with Crippen LogP contribution in [0.1, 0.15) is 49.4 Å². The summed E-state index contributed by atoms with van der Waals surface area (Å²) in [6.45, 7) is 6.73. The smallest absolute Gasteiger partial charge is 0.132 e. The maximum atomic E-state index is 10.3. The van der Waals surface area contributed by atoms with Crippen molar-refractivity contribution in [2.45, 2.75) is 51.7 Å². The summed E-state index contributed by atoms with van der Waals surface area (Å²) in [6, 6.07) is 12.4. The Morgan fingerprint density at radius 3 is 2.62 bits per heavy atom. The Bertz CT molecular complexity index is 684. The topological polar surface area (TPSA) is 61.3 Å². The predicted octanol–water partition coefficient (Wildman–Crippen LogP) is 3.03. The van der Waals surface area contributed by atoms with Gasteiger partial charge in [-0.1, -0.05) is 43.7 Å². The molecule has 1 atom stereocenters. The molecule has 1 aromatic carbocycles. The standard InChI is InChI=1S/C21H30N4O/c1-3-7-19-14-21(24-16(2)23-19)25-12-10-18(11-13-25)22-15-20(26)17-8-5-4-6-9-17/h4-6,8-9,14,18,20,22,26H,3,7,10-13,15H2,1-2H3. The Morgan fingerprint density at radius 2 is 1.92 bits per heavy atom. The van der Waals surface area contributed by atoms with Crippen molar-refractivity contribution in [2.75, 3.05) is 24.5 Å². The molecule has 5 nitrogen and oxygen atoms in total. The molecule has 0 radical (unpaired) electrons. The summed E-state index contributed by atoms with van der Waals surface area (Å²) in [4.78, 5) is 11.5. The van der Waals surface area contributed by atoms with E-state index in [0.29, 0.717) is 12.6 Å². The maximum Gasteiger partial charge on any atom is 0.132 e. The summed E-state index contributed by atoms with van der Waals surface area (Å²) in [5.74, 6) is 1.92. The minimum atomic E-state index is -0.449. The van der Waals surface area contributed by atoms with Gasteiger partial charge >= 0.3 is 0 Å². The first-order valence-corrected chi connectivity index (χ1v) is 9.71. The molecule has 1 aliphatic rings. The van der Waals surface area contributed by atoms with Crippen LogP contribution < -0.4 is 10.2 Å². The Labute approximate surface area is 156 Å². The van der Waals surface area contributed by atoms with Crippen LogP contribution in [-0.2, 0) is 6.42 Å². The molecule has 0 bridgehead atoms. The fraction of sp³-hybridized carbons (Fsp3) is 0.524. The van der Waals surface area contributed by atoms with Gasteiger partial charge in [0.2, 0.25) is 0 Å². The second kappa shape index (κ2) is 9.10. The van der Waals surface area contributed by atoms with Gasteiger partial charge in [0.15, 0.2) is 0 Å². The van der Waals surface area contributed by atoms with E-state index in [0.717, 1.165) is 61.7 Å². The molecule has 0 saturated carbocycles. The highest BCUT2D eigenvalue weighted by Gasteiger charge is 2.21. The van der Waals surface area contributed by atoms with Crippen molar-refractivity contribution >= 4 is 5.82 Å². The Hall–Kier alpha value is -1.98. The molecule has 1 unspecified atom stereocenters. The molecular formula is C21H30N4O. The van der Waals surface area contributed by atoms with Gasteiger partial charge in [0.1, 0.15) is 11.6 Å². The summed E-state index contributed by atoms with van der Waals surface area (Å²) in [7, 11) is 0. The van der Waals surface area contributed by atoms with Gasteiger partial charge in [0.25, 0.3) is 0 Å². The maximum absolute atomic E-state index is 10.3. The van der Waals surface area contributed by atoms with Gasteiger partial charge in [-0.15, -0.1) is 0 Å². The molecule has 0 amide bonds. The van der Waals surface area contributed by atoms with Gasteiger partial charge in [-0.05, 0) is 31.7 Å². The lowest BCUT2D eigenvalue weighted by Gasteiger charge is -2.34. The third-order valence-corrected chi connectivity index (χ3v) is 4.99. The Kier molecular flexibility index (Phi) is 6.58. The molecule has 0 aliphatic carbocycles. The summed E-state index contributed by atoms with van der Waals surface area (Å²) in [6.07, 6.45) is 3.79. The number of aryl methyl sites for hydroxylation is 2. The molecule has 0 spiro atoms. The second-order valence-corrected chi connectivity index (χ2v) is 7.11. The normalized spacial score (nSPS) is 16.7. The molecule has 5 heteroatoms. The number of hydrogen-bond donors (Lipinski definition) is 2. The first-order chi connectivity index (χ1) is 12.7. The van der Waals surface area contributed by atoms with Crippen molar-refractivity contribution in [3.63, 3.8) is 0 Å². The molecular weight excluding hydrogens is 324 g/mol. The molecule has 1 aliphatic heterocycles. The van der Waals surface area contributed by atoms with Gasteiger partial charge in [0.05, 0.1) is 6.10 Å². The number of nitrogens with one attached hydrogen (secondary N) is 1. The Balaban J connectivity index is 1.50.